The van der Waals surface area contributed by atoms with Gasteiger partial charge in [-0.05, 0) is 12.5 Å². The lowest BCUT2D eigenvalue weighted by Crippen LogP contribution is -2.36. The van der Waals surface area contributed by atoms with Gasteiger partial charge in [-0.2, -0.15) is 0 Å². The number of nitrogens with one attached hydrogen (secondary N) is 2. The zero-order valence-corrected chi connectivity index (χ0v) is 15.2. The summed E-state index contributed by atoms with van der Waals surface area (Å²) in [6, 6.07) is 3.95. The molecular weight excluding hydrogens is 356 g/mol. The molecule has 0 aliphatic rings. The van der Waals surface area contributed by atoms with E-state index in [1.54, 1.807) is 13.8 Å². The first kappa shape index (κ1) is 20.1. The Kier molecular flexibility index (Phi) is 6.69. The van der Waals surface area contributed by atoms with Crippen molar-refractivity contribution in [3.05, 3.63) is 38.9 Å². The lowest BCUT2D eigenvalue weighted by molar-refractivity contribution is -0.384. The second-order valence-electron chi connectivity index (χ2n) is 6.33. The summed E-state index contributed by atoms with van der Waals surface area (Å²) in [6.45, 7) is 4.51. The molecule has 0 saturated heterocycles. The Labute approximate surface area is 154 Å². The van der Waals surface area contributed by atoms with Gasteiger partial charge in [0.25, 0.3) is 5.69 Å². The molecule has 0 aliphatic carbocycles. The van der Waals surface area contributed by atoms with Gasteiger partial charge in [0.2, 0.25) is 11.8 Å². The van der Waals surface area contributed by atoms with Crippen LogP contribution in [0.25, 0.3) is 11.1 Å². The molecule has 0 fully saturated rings. The van der Waals surface area contributed by atoms with Gasteiger partial charge in [-0.15, -0.1) is 0 Å². The zero-order valence-electron chi connectivity index (χ0n) is 15.2. The lowest BCUT2D eigenvalue weighted by atomic mass is 10.2. The highest BCUT2D eigenvalue weighted by Crippen LogP contribution is 2.20. The van der Waals surface area contributed by atoms with E-state index in [1.165, 1.54) is 22.8 Å². The Bertz CT molecular complexity index is 898. The minimum atomic E-state index is -0.623. The molecule has 2 amide bonds. The highest BCUT2D eigenvalue weighted by atomic mass is 16.6. The smallest absolute Gasteiger partial charge is 0.407 e. The molecule has 2 rings (SSSR count). The van der Waals surface area contributed by atoms with Crippen LogP contribution < -0.4 is 16.4 Å². The van der Waals surface area contributed by atoms with Gasteiger partial charge in [-0.3, -0.25) is 24.3 Å². The van der Waals surface area contributed by atoms with E-state index in [0.29, 0.717) is 25.0 Å². The molecule has 0 unspecified atom stereocenters. The summed E-state index contributed by atoms with van der Waals surface area (Å²) >= 11 is 0. The van der Waals surface area contributed by atoms with E-state index in [4.69, 9.17) is 4.42 Å². The second-order valence-corrected chi connectivity index (χ2v) is 6.33. The number of fused-ring (bicyclic) bond motifs is 1. The highest BCUT2D eigenvalue weighted by molar-refractivity contribution is 5.78. The zero-order chi connectivity index (χ0) is 20.0. The van der Waals surface area contributed by atoms with Crippen molar-refractivity contribution in [3.8, 4) is 0 Å². The van der Waals surface area contributed by atoms with Crippen molar-refractivity contribution < 1.29 is 18.9 Å². The third-order valence-corrected chi connectivity index (χ3v) is 3.92. The minimum Gasteiger partial charge on any atom is -0.407 e. The summed E-state index contributed by atoms with van der Waals surface area (Å²) in [5.74, 6) is -0.992. The van der Waals surface area contributed by atoms with Gasteiger partial charge in [-0.25, -0.2) is 4.79 Å². The molecule has 0 spiro atoms. The Balaban J connectivity index is 1.82. The maximum atomic E-state index is 11.9. The van der Waals surface area contributed by atoms with Crippen molar-refractivity contribution in [3.63, 3.8) is 0 Å². The monoisotopic (exact) mass is 378 g/mol. The first-order valence-corrected chi connectivity index (χ1v) is 8.61. The third-order valence-electron chi connectivity index (χ3n) is 3.92. The Hall–Kier alpha value is -3.17. The number of nitrogens with zero attached hydrogens (tertiary/aromatic N) is 2. The number of non-ortho nitro benzene ring substituents is 1. The van der Waals surface area contributed by atoms with Gasteiger partial charge in [-0.1, -0.05) is 13.8 Å². The number of carbonyl (C=O) groups excluding carboxylic acids is 2. The molecule has 0 aliphatic heterocycles. The maximum absolute atomic E-state index is 11.9. The quantitative estimate of drug-likeness (QED) is 0.382. The lowest BCUT2D eigenvalue weighted by Gasteiger charge is -2.08. The van der Waals surface area contributed by atoms with Crippen LogP contribution in [0.5, 0.6) is 0 Å². The molecule has 1 heterocycles. The molecule has 2 aromatic rings. The van der Waals surface area contributed by atoms with E-state index in [0.717, 1.165) is 0 Å². The number of aryl methyl sites for hydroxylation is 1. The van der Waals surface area contributed by atoms with Crippen LogP contribution >= 0.6 is 0 Å². The van der Waals surface area contributed by atoms with E-state index < -0.39 is 10.7 Å². The van der Waals surface area contributed by atoms with Crippen molar-refractivity contribution in [2.75, 3.05) is 13.1 Å². The van der Waals surface area contributed by atoms with Gasteiger partial charge in [0.1, 0.15) is 0 Å². The van der Waals surface area contributed by atoms with Crippen LogP contribution in [0, 0.1) is 16.0 Å². The van der Waals surface area contributed by atoms with Crippen LogP contribution in [0.2, 0.25) is 0 Å². The number of rotatable bonds is 9. The summed E-state index contributed by atoms with van der Waals surface area (Å²) in [5.41, 5.74) is 0.425. The molecule has 1 aromatic heterocycles. The number of oxazole rings is 1. The summed E-state index contributed by atoms with van der Waals surface area (Å²) in [6.07, 6.45) is 0.597. The van der Waals surface area contributed by atoms with Crippen LogP contribution in [0.1, 0.15) is 26.7 Å². The summed E-state index contributed by atoms with van der Waals surface area (Å²) in [4.78, 5) is 45.3. The van der Waals surface area contributed by atoms with Gasteiger partial charge >= 0.3 is 5.76 Å². The number of carbonyl (C=O) groups is 2. The molecule has 146 valence electrons. The van der Waals surface area contributed by atoms with E-state index in [1.807, 2.05) is 0 Å². The van der Waals surface area contributed by atoms with E-state index in [2.05, 4.69) is 10.6 Å². The molecule has 10 heteroatoms. The molecule has 2 N–H and O–H groups in total. The van der Waals surface area contributed by atoms with Crippen LogP contribution in [-0.4, -0.2) is 34.4 Å². The summed E-state index contributed by atoms with van der Waals surface area (Å²) in [5, 5.41) is 16.2. The fourth-order valence-corrected chi connectivity index (χ4v) is 2.46. The minimum absolute atomic E-state index is 0.0734. The Morgan fingerprint density at radius 1 is 1.26 bits per heavy atom. The molecule has 10 nitrogen and oxygen atoms in total. The second kappa shape index (κ2) is 8.97. The summed E-state index contributed by atoms with van der Waals surface area (Å²) < 4.78 is 6.37. The number of benzene rings is 1. The van der Waals surface area contributed by atoms with Crippen LogP contribution in [0.15, 0.2) is 27.4 Å². The molecule has 0 bridgehead atoms. The third kappa shape index (κ3) is 5.40. The molecule has 0 radical (unpaired) electrons. The van der Waals surface area contributed by atoms with Crippen molar-refractivity contribution in [2.24, 2.45) is 5.92 Å². The fourth-order valence-electron chi connectivity index (χ4n) is 2.46. The number of nitro groups is 1. The van der Waals surface area contributed by atoms with E-state index in [-0.39, 0.29) is 42.0 Å². The number of aromatic nitrogens is 1. The molecular formula is C17H22N4O6. The molecule has 1 aromatic carbocycles. The van der Waals surface area contributed by atoms with E-state index >= 15 is 0 Å². The van der Waals surface area contributed by atoms with Crippen molar-refractivity contribution >= 4 is 28.6 Å². The normalized spacial score (nSPS) is 10.9. The van der Waals surface area contributed by atoms with Crippen molar-refractivity contribution in [2.45, 2.75) is 33.2 Å². The van der Waals surface area contributed by atoms with Gasteiger partial charge in [0.05, 0.1) is 16.5 Å². The van der Waals surface area contributed by atoms with Gasteiger partial charge in [0.15, 0.2) is 5.58 Å². The topological polar surface area (TPSA) is 136 Å². The molecule has 0 atom stereocenters. The average molecular weight is 378 g/mol. The summed E-state index contributed by atoms with van der Waals surface area (Å²) in [7, 11) is 0. The number of amides is 2. The maximum Gasteiger partial charge on any atom is 0.419 e. The first-order chi connectivity index (χ1) is 12.8. The highest BCUT2D eigenvalue weighted by Gasteiger charge is 2.14. The average Bonchev–Trinajstić information content (AvgIpc) is 2.93. The van der Waals surface area contributed by atoms with E-state index in [9.17, 15) is 24.5 Å². The van der Waals surface area contributed by atoms with Crippen LogP contribution in [0.3, 0.4) is 0 Å². The van der Waals surface area contributed by atoms with Crippen molar-refractivity contribution in [1.29, 1.82) is 0 Å². The van der Waals surface area contributed by atoms with Crippen LogP contribution in [-0.2, 0) is 16.1 Å². The predicted octanol–water partition coefficient (Wildman–Crippen LogP) is 1.17. The number of nitro benzene ring substituents is 1. The number of hydrogen-bond donors (Lipinski definition) is 2. The van der Waals surface area contributed by atoms with Gasteiger partial charge in [0, 0.05) is 38.0 Å². The standard InChI is InChI=1S/C17H22N4O6/c1-11(2)16(23)19-8-7-18-15(22)4-3-9-20-13-6-5-12(21(25)26)10-14(13)27-17(20)24/h5-6,10-11H,3-4,7-9H2,1-2H3,(H,18,22)(H,19,23). The molecule has 27 heavy (non-hydrogen) atoms. The van der Waals surface area contributed by atoms with Crippen molar-refractivity contribution in [1.82, 2.24) is 15.2 Å². The predicted molar refractivity (Wildman–Crippen MR) is 97.2 cm³/mol. The largest absolute Gasteiger partial charge is 0.419 e. The Morgan fingerprint density at radius 3 is 2.63 bits per heavy atom. The SMILES string of the molecule is CC(C)C(=O)NCCNC(=O)CCCn1c(=O)oc2cc([N+](=O)[O-])ccc21. The first-order valence-electron chi connectivity index (χ1n) is 8.61. The molecule has 0 saturated carbocycles. The number of hydrogen-bond acceptors (Lipinski definition) is 6. The van der Waals surface area contributed by atoms with Crippen LogP contribution in [0.4, 0.5) is 5.69 Å². The Morgan fingerprint density at radius 2 is 1.96 bits per heavy atom. The van der Waals surface area contributed by atoms with Gasteiger partial charge < -0.3 is 15.1 Å². The fraction of sp³-hybridized carbons (Fsp3) is 0.471.